The molecule has 4 N–H and O–H groups in total. The molecule has 21 nitrogen and oxygen atoms in total. The van der Waals surface area contributed by atoms with Crippen LogP contribution in [0.15, 0.2) is 119 Å². The number of likely N-dealkylation sites (tertiary alicyclic amines) is 3. The lowest BCUT2D eigenvalue weighted by molar-refractivity contribution is 0.0642. The Labute approximate surface area is 594 Å². The van der Waals surface area contributed by atoms with Crippen LogP contribution < -0.4 is 43.8 Å². The summed E-state index contributed by atoms with van der Waals surface area (Å²) in [5.41, 5.74) is 5.29. The van der Waals surface area contributed by atoms with E-state index in [9.17, 15) is 31.5 Å². The zero-order chi connectivity index (χ0) is 66.9. The van der Waals surface area contributed by atoms with Crippen LogP contribution >= 0.6 is 13.5 Å². The Balaban J connectivity index is 0.000000190. The number of sulfonamides is 2. The van der Waals surface area contributed by atoms with Crippen molar-refractivity contribution in [2.75, 3.05) is 123 Å². The van der Waals surface area contributed by atoms with Crippen molar-refractivity contribution in [3.05, 3.63) is 121 Å². The van der Waals surface area contributed by atoms with Gasteiger partial charge in [0, 0.05) is 156 Å². The summed E-state index contributed by atoms with van der Waals surface area (Å²) in [4.78, 5) is 45.0. The zero-order valence-corrected chi connectivity index (χ0v) is 63.5. The second-order valence-electron chi connectivity index (χ2n) is 22.4. The number of carbonyl (C=O) groups is 2. The molecule has 0 bridgehead atoms. The quantitative estimate of drug-likeness (QED) is 0.0894. The summed E-state index contributed by atoms with van der Waals surface area (Å²) in [6.45, 7) is 13.6. The molecule has 2 aromatic heterocycles. The van der Waals surface area contributed by atoms with Crippen LogP contribution in [0.1, 0.15) is 85.9 Å². The number of hydrogen-bond donors (Lipinski definition) is 4. The molecule has 514 valence electrons. The van der Waals surface area contributed by atoms with E-state index in [1.54, 1.807) is 130 Å². The average Bonchev–Trinajstić information content (AvgIpc) is 1.62. The number of carboxylic acids is 1. The lowest BCUT2D eigenvalue weighted by Crippen LogP contribution is -2.45. The fourth-order valence-corrected chi connectivity index (χ4v) is 28.7. The van der Waals surface area contributed by atoms with Crippen LogP contribution in [0.25, 0.3) is 0 Å². The number of ether oxygens (including phenoxy) is 2. The molecule has 4 aromatic carbocycles. The van der Waals surface area contributed by atoms with Crippen molar-refractivity contribution < 1.29 is 41.0 Å². The van der Waals surface area contributed by atoms with Gasteiger partial charge in [-0.2, -0.15) is 13.5 Å². The highest BCUT2D eigenvalue weighted by Gasteiger charge is 2.35. The predicted octanol–water partition coefficient (Wildman–Crippen LogP) is 9.58. The minimum atomic E-state index is -3.75. The Bertz CT molecular complexity index is 4230. The van der Waals surface area contributed by atoms with Crippen LogP contribution in [0, 0.1) is 0 Å². The molecule has 0 aliphatic carbocycles. The van der Waals surface area contributed by atoms with Gasteiger partial charge in [0.1, 0.15) is 32.9 Å². The number of fused-ring (bicyclic) bond motifs is 4. The number of nitrogens with one attached hydrogen (secondary N) is 3. The first-order chi connectivity index (χ1) is 45.4. The number of benzene rings is 4. The number of carboxylic acid groups (broad SMARTS) is 1. The van der Waals surface area contributed by atoms with Gasteiger partial charge in [0.25, 0.3) is 26.0 Å². The number of amides is 1. The minimum absolute atomic E-state index is 0. The van der Waals surface area contributed by atoms with Crippen molar-refractivity contribution in [3.63, 3.8) is 0 Å². The first-order valence-electron chi connectivity index (χ1n) is 30.7. The Kier molecular flexibility index (Phi) is 28.5. The first-order valence-corrected chi connectivity index (χ1v) is 44.3. The lowest BCUT2D eigenvalue weighted by Gasteiger charge is -2.36. The molecule has 0 spiro atoms. The Morgan fingerprint density at radius 2 is 0.968 bits per heavy atom. The Hall–Kier alpha value is -5.37. The molecule has 6 aromatic rings. The highest BCUT2D eigenvalue weighted by Crippen LogP contribution is 2.45. The number of aromatic nitrogens is 2. The van der Waals surface area contributed by atoms with Crippen molar-refractivity contribution >= 4 is 187 Å². The highest BCUT2D eigenvalue weighted by atomic mass is 33.4. The normalized spacial score (nSPS) is 17.1. The molecule has 12 rings (SSSR count). The van der Waals surface area contributed by atoms with Gasteiger partial charge in [-0.05, 0) is 165 Å². The van der Waals surface area contributed by atoms with E-state index in [0.717, 1.165) is 32.0 Å². The van der Waals surface area contributed by atoms with E-state index in [4.69, 9.17) is 9.47 Å². The topological polar surface area (TPSA) is 226 Å². The van der Waals surface area contributed by atoms with E-state index in [0.29, 0.717) is 93.5 Å². The number of rotatable bonds is 12. The summed E-state index contributed by atoms with van der Waals surface area (Å²) in [6, 6.07) is 28.8. The third-order valence-electron chi connectivity index (χ3n) is 17.0. The molecule has 33 heteroatoms. The van der Waals surface area contributed by atoms with Crippen molar-refractivity contribution in [1.82, 2.24) is 30.0 Å². The van der Waals surface area contributed by atoms with E-state index in [-0.39, 0.29) is 34.8 Å². The molecule has 4 fully saturated rings. The molecule has 0 radical (unpaired) electrons. The number of para-hydroxylation sites is 2. The van der Waals surface area contributed by atoms with E-state index in [1.807, 2.05) is 48.0 Å². The number of aromatic carboxylic acids is 1. The summed E-state index contributed by atoms with van der Waals surface area (Å²) in [5, 5.41) is 19.1. The lowest BCUT2D eigenvalue weighted by atomic mass is 10.0. The average molecular weight is 1520 g/mol. The van der Waals surface area contributed by atoms with Gasteiger partial charge in [0.2, 0.25) is 0 Å². The van der Waals surface area contributed by atoms with Crippen LogP contribution in [0.3, 0.4) is 0 Å². The fourth-order valence-electron chi connectivity index (χ4n) is 12.2. The maximum atomic E-state index is 13.4. The van der Waals surface area contributed by atoms with E-state index in [2.05, 4.69) is 58.1 Å². The number of nitrogens with zero attached hydrogens (tertiary/aromatic N) is 9. The first kappa shape index (κ1) is 75.4. The summed E-state index contributed by atoms with van der Waals surface area (Å²) >= 11 is 9.27. The molecule has 8 heterocycles. The molecule has 95 heavy (non-hydrogen) atoms. The number of carbonyl (C=O) groups excluding carboxylic acids is 1. The zero-order valence-electron chi connectivity index (χ0n) is 53.5. The molecule has 6 aliphatic rings. The van der Waals surface area contributed by atoms with Gasteiger partial charge in [-0.25, -0.2) is 31.6 Å². The standard InChI is InChI=1S/C31H38N6O4S.C22H22N4O5S.C9H18N2.S9.H2S/c1-4-41-28-19-22(31(38)37-17-13-23(14-18-37)36-15-7-8-16-36)11-12-24(28)33-30-20-26-27(21-32-30)35(3)42(39,40)29-10-6-5-9-25(29)34(26)2;1-4-31-19-11-14(22(27)28)9-10-15(19)24-21-12-17-18(13-23-21)26(3)32(29,30)20-8-6-5-7-16(20)25(17)2;1-2-8-11(7-1)9-3-5-10-6-4-9;1-3-5-7-9-8-6-4-2;/h5-6,9-12,19-21,23H,4,7-8,13-18H2,1-3H3,(H,32,33);5-13H,4H2,1-3H3,(H,23,24)(H,27,28);9-10H,1-8H2;;1H2. The second-order valence-corrected chi connectivity index (χ2v) is 38.7. The molecule has 0 atom stereocenters. The molecule has 0 unspecified atom stereocenters. The van der Waals surface area contributed by atoms with Crippen LogP contribution in [0.2, 0.25) is 0 Å². The largest absolute Gasteiger partial charge is 0.492 e. The summed E-state index contributed by atoms with van der Waals surface area (Å²) < 4.78 is 66.8. The van der Waals surface area contributed by atoms with Gasteiger partial charge in [0.05, 0.1) is 76.7 Å². The van der Waals surface area contributed by atoms with Crippen molar-refractivity contribution in [3.8, 4) is 11.5 Å². The summed E-state index contributed by atoms with van der Waals surface area (Å²) in [7, 11) is 10.1. The Morgan fingerprint density at radius 1 is 0.558 bits per heavy atom. The monoisotopic (exact) mass is 1520 g/mol. The van der Waals surface area contributed by atoms with Crippen LogP contribution in [0.5, 0.6) is 11.5 Å². The van der Waals surface area contributed by atoms with Gasteiger partial charge in [-0.15, -0.1) is 0 Å². The van der Waals surface area contributed by atoms with Crippen molar-refractivity contribution in [2.24, 2.45) is 0 Å². The number of pyridine rings is 2. The van der Waals surface area contributed by atoms with Gasteiger partial charge < -0.3 is 55.0 Å². The van der Waals surface area contributed by atoms with E-state index < -0.39 is 26.0 Å². The molecule has 0 saturated carbocycles. The molecular formula is C62H80N12O9S12. The smallest absolute Gasteiger partial charge is 0.335 e. The molecular weight excluding hydrogens is 1440 g/mol. The molecule has 4 saturated heterocycles. The minimum Gasteiger partial charge on any atom is -0.492 e. The fraction of sp³-hybridized carbons (Fsp3) is 0.419. The van der Waals surface area contributed by atoms with E-state index in [1.165, 1.54) is 137 Å². The Morgan fingerprint density at radius 3 is 1.40 bits per heavy atom. The third-order valence-corrected chi connectivity index (χ3v) is 33.9. The van der Waals surface area contributed by atoms with Crippen LogP contribution in [-0.2, 0) is 105 Å². The highest BCUT2D eigenvalue weighted by molar-refractivity contribution is 8.72. The van der Waals surface area contributed by atoms with Gasteiger partial charge in [0.15, 0.2) is 0 Å². The SMILES string of the molecule is C1CCN(C2CCNCC2)C1.CCOc1cc(C(=O)N2CCC(N3CCCC3)CC2)ccc1Nc1cc2c(cn1)N(C)S(=O)(=O)c1ccccc1N2C.CCOc1cc(C(=O)O)ccc1Nc1cc2c(cn1)N(C)S(=O)(=O)c1ccccc1N2C.S.S=S=S=S=S=S=S=S=S. The van der Waals surface area contributed by atoms with E-state index >= 15 is 0 Å². The third kappa shape index (κ3) is 18.7. The summed E-state index contributed by atoms with van der Waals surface area (Å²) in [6.07, 6.45) is 13.3. The predicted molar refractivity (Wildman–Crippen MR) is 411 cm³/mol. The van der Waals surface area contributed by atoms with Gasteiger partial charge in [-0.3, -0.25) is 13.4 Å². The second kappa shape index (κ2) is 35.9. The molecule has 6 aliphatic heterocycles. The summed E-state index contributed by atoms with van der Waals surface area (Å²) in [5.74, 6) is 0.882. The number of piperidine rings is 2. The maximum absolute atomic E-state index is 13.4. The number of hydrogen-bond acceptors (Lipinski definition) is 19. The van der Waals surface area contributed by atoms with Crippen LogP contribution in [0.4, 0.5) is 57.1 Å². The maximum Gasteiger partial charge on any atom is 0.335 e. The van der Waals surface area contributed by atoms with Crippen molar-refractivity contribution in [1.29, 1.82) is 0 Å². The van der Waals surface area contributed by atoms with Gasteiger partial charge >= 0.3 is 5.97 Å². The van der Waals surface area contributed by atoms with Crippen LogP contribution in [-0.4, -0.2) is 164 Å². The number of anilines is 10. The van der Waals surface area contributed by atoms with Crippen molar-refractivity contribution in [2.45, 2.75) is 87.1 Å². The molecule has 1 amide bonds. The van der Waals surface area contributed by atoms with Gasteiger partial charge in [-0.1, -0.05) is 24.3 Å².